The SMILES string of the molecule is Nc1ncnc2c1ncn2CCCOC(=O)c1c2ccccc2cc2ccccc12. The predicted octanol–water partition coefficient (Wildman–Crippen LogP) is 3.96. The third-order valence-corrected chi connectivity index (χ3v) is 5.18. The van der Waals surface area contributed by atoms with Crippen LogP contribution in [0.5, 0.6) is 0 Å². The Hall–Kier alpha value is -4.00. The molecule has 2 N–H and O–H groups in total. The number of anilines is 1. The van der Waals surface area contributed by atoms with Gasteiger partial charge >= 0.3 is 5.97 Å². The van der Waals surface area contributed by atoms with Crippen LogP contribution < -0.4 is 5.73 Å². The number of ether oxygens (including phenoxy) is 1. The van der Waals surface area contributed by atoms with E-state index in [9.17, 15) is 4.79 Å². The number of nitrogen functional groups attached to an aromatic ring is 1. The number of fused-ring (bicyclic) bond motifs is 3. The van der Waals surface area contributed by atoms with Gasteiger partial charge in [0.2, 0.25) is 0 Å². The zero-order chi connectivity index (χ0) is 20.5. The zero-order valence-electron chi connectivity index (χ0n) is 16.2. The van der Waals surface area contributed by atoms with Gasteiger partial charge < -0.3 is 15.0 Å². The van der Waals surface area contributed by atoms with Gasteiger partial charge in [-0.3, -0.25) is 0 Å². The lowest BCUT2D eigenvalue weighted by atomic mass is 9.97. The van der Waals surface area contributed by atoms with E-state index < -0.39 is 0 Å². The molecule has 7 nitrogen and oxygen atoms in total. The Morgan fingerprint density at radius 1 is 0.967 bits per heavy atom. The molecule has 7 heteroatoms. The van der Waals surface area contributed by atoms with Crippen LogP contribution >= 0.6 is 0 Å². The highest BCUT2D eigenvalue weighted by Crippen LogP contribution is 2.29. The monoisotopic (exact) mass is 397 g/mol. The molecule has 0 saturated carbocycles. The number of benzene rings is 3. The Morgan fingerprint density at radius 3 is 2.40 bits per heavy atom. The molecule has 2 aromatic heterocycles. The Labute approximate surface area is 172 Å². The zero-order valence-corrected chi connectivity index (χ0v) is 16.2. The fourth-order valence-electron chi connectivity index (χ4n) is 3.77. The van der Waals surface area contributed by atoms with Gasteiger partial charge in [0.25, 0.3) is 0 Å². The van der Waals surface area contributed by atoms with Crippen molar-refractivity contribution in [3.05, 3.63) is 72.8 Å². The van der Waals surface area contributed by atoms with E-state index in [0.717, 1.165) is 21.5 Å². The number of carbonyl (C=O) groups excluding carboxylic acids is 1. The summed E-state index contributed by atoms with van der Waals surface area (Å²) in [5.74, 6) is 0.0399. The van der Waals surface area contributed by atoms with Gasteiger partial charge in [-0.15, -0.1) is 0 Å². The van der Waals surface area contributed by atoms with E-state index in [2.05, 4.69) is 21.0 Å². The van der Waals surface area contributed by atoms with E-state index in [-0.39, 0.29) is 12.6 Å². The Kier molecular flexibility index (Phi) is 4.48. The lowest BCUT2D eigenvalue weighted by Gasteiger charge is -2.11. The summed E-state index contributed by atoms with van der Waals surface area (Å²) in [6, 6.07) is 17.8. The molecular weight excluding hydrogens is 378 g/mol. The first-order valence-electron chi connectivity index (χ1n) is 9.71. The summed E-state index contributed by atoms with van der Waals surface area (Å²) in [7, 11) is 0. The molecule has 0 radical (unpaired) electrons. The summed E-state index contributed by atoms with van der Waals surface area (Å²) in [5, 5.41) is 3.83. The van der Waals surface area contributed by atoms with Crippen LogP contribution in [0.2, 0.25) is 0 Å². The highest BCUT2D eigenvalue weighted by molar-refractivity contribution is 6.16. The number of carbonyl (C=O) groups is 1. The van der Waals surface area contributed by atoms with Gasteiger partial charge in [-0.1, -0.05) is 48.5 Å². The van der Waals surface area contributed by atoms with Gasteiger partial charge in [0.15, 0.2) is 11.5 Å². The van der Waals surface area contributed by atoms with Gasteiger partial charge in [-0.25, -0.2) is 19.7 Å². The van der Waals surface area contributed by atoms with Crippen LogP contribution in [0.3, 0.4) is 0 Å². The average molecular weight is 397 g/mol. The molecule has 0 aliphatic heterocycles. The summed E-state index contributed by atoms with van der Waals surface area (Å²) >= 11 is 0. The minimum absolute atomic E-state index is 0.288. The van der Waals surface area contributed by atoms with Crippen molar-refractivity contribution < 1.29 is 9.53 Å². The molecule has 0 saturated heterocycles. The summed E-state index contributed by atoms with van der Waals surface area (Å²) in [5.41, 5.74) is 7.69. The van der Waals surface area contributed by atoms with Gasteiger partial charge in [0.05, 0.1) is 18.5 Å². The third kappa shape index (κ3) is 3.10. The molecule has 3 aromatic carbocycles. The topological polar surface area (TPSA) is 95.9 Å². The first kappa shape index (κ1) is 18.1. The molecule has 0 fully saturated rings. The molecule has 30 heavy (non-hydrogen) atoms. The summed E-state index contributed by atoms with van der Waals surface area (Å²) < 4.78 is 7.53. The third-order valence-electron chi connectivity index (χ3n) is 5.18. The van der Waals surface area contributed by atoms with Gasteiger partial charge in [-0.05, 0) is 34.0 Å². The lowest BCUT2D eigenvalue weighted by molar-refractivity contribution is 0.0501. The molecule has 0 spiro atoms. The molecule has 0 aliphatic carbocycles. The molecule has 0 amide bonds. The first-order chi connectivity index (χ1) is 14.7. The van der Waals surface area contributed by atoms with Crippen LogP contribution in [0.4, 0.5) is 5.82 Å². The normalized spacial score (nSPS) is 11.3. The molecule has 148 valence electrons. The van der Waals surface area contributed by atoms with Crippen LogP contribution in [-0.4, -0.2) is 32.1 Å². The van der Waals surface area contributed by atoms with Crippen molar-refractivity contribution in [3.8, 4) is 0 Å². The molecule has 0 atom stereocenters. The van der Waals surface area contributed by atoms with Crippen LogP contribution in [0.1, 0.15) is 16.8 Å². The average Bonchev–Trinajstić information content (AvgIpc) is 3.19. The highest BCUT2D eigenvalue weighted by Gasteiger charge is 2.16. The van der Waals surface area contributed by atoms with Crippen molar-refractivity contribution in [1.29, 1.82) is 0 Å². The van der Waals surface area contributed by atoms with Crippen molar-refractivity contribution in [2.75, 3.05) is 12.3 Å². The van der Waals surface area contributed by atoms with Crippen molar-refractivity contribution in [2.24, 2.45) is 0 Å². The van der Waals surface area contributed by atoms with Crippen LogP contribution in [-0.2, 0) is 11.3 Å². The van der Waals surface area contributed by atoms with Crippen LogP contribution in [0, 0.1) is 0 Å². The summed E-state index contributed by atoms with van der Waals surface area (Å²) in [4.78, 5) is 25.4. The maximum absolute atomic E-state index is 13.0. The van der Waals surface area contributed by atoms with Crippen molar-refractivity contribution in [1.82, 2.24) is 19.5 Å². The Bertz CT molecular complexity index is 1340. The van der Waals surface area contributed by atoms with Crippen molar-refractivity contribution in [2.45, 2.75) is 13.0 Å². The van der Waals surface area contributed by atoms with E-state index in [1.807, 2.05) is 53.1 Å². The minimum atomic E-state index is -0.315. The molecule has 5 rings (SSSR count). The van der Waals surface area contributed by atoms with Crippen LogP contribution in [0.15, 0.2) is 67.3 Å². The number of rotatable bonds is 5. The number of imidazole rings is 1. The number of hydrogen-bond donors (Lipinski definition) is 1. The number of aromatic nitrogens is 4. The lowest BCUT2D eigenvalue weighted by Crippen LogP contribution is -2.10. The first-order valence-corrected chi connectivity index (χ1v) is 9.71. The second-order valence-corrected chi connectivity index (χ2v) is 7.05. The highest BCUT2D eigenvalue weighted by atomic mass is 16.5. The Balaban J connectivity index is 1.35. The molecule has 0 unspecified atom stereocenters. The van der Waals surface area contributed by atoms with Gasteiger partial charge in [0, 0.05) is 6.54 Å². The predicted molar refractivity (Wildman–Crippen MR) is 116 cm³/mol. The number of aryl methyl sites for hydroxylation is 1. The fraction of sp³-hybridized carbons (Fsp3) is 0.130. The van der Waals surface area contributed by atoms with E-state index in [0.29, 0.717) is 35.5 Å². The van der Waals surface area contributed by atoms with Crippen LogP contribution in [0.25, 0.3) is 32.7 Å². The smallest absolute Gasteiger partial charge is 0.339 e. The number of nitrogens with two attached hydrogens (primary N) is 1. The largest absolute Gasteiger partial charge is 0.462 e. The quantitative estimate of drug-likeness (QED) is 0.274. The van der Waals surface area contributed by atoms with Gasteiger partial charge in [-0.2, -0.15) is 0 Å². The van der Waals surface area contributed by atoms with E-state index >= 15 is 0 Å². The van der Waals surface area contributed by atoms with E-state index in [1.165, 1.54) is 6.33 Å². The minimum Gasteiger partial charge on any atom is -0.462 e. The maximum Gasteiger partial charge on any atom is 0.339 e. The molecule has 5 aromatic rings. The molecule has 0 bridgehead atoms. The molecular formula is C23H19N5O2. The number of hydrogen-bond acceptors (Lipinski definition) is 6. The maximum atomic E-state index is 13.0. The summed E-state index contributed by atoms with van der Waals surface area (Å²) in [6.45, 7) is 0.896. The Morgan fingerprint density at radius 2 is 1.67 bits per heavy atom. The fourth-order valence-corrected chi connectivity index (χ4v) is 3.77. The second kappa shape index (κ2) is 7.44. The molecule has 2 heterocycles. The van der Waals surface area contributed by atoms with Crippen molar-refractivity contribution in [3.63, 3.8) is 0 Å². The standard InChI is InChI=1S/C23H19N5O2/c24-21-20-22(26-13-25-21)28(14-27-20)10-5-11-30-23(29)19-17-8-3-1-6-15(17)12-16-7-2-4-9-18(16)19/h1-4,6-9,12-14H,5,10-11H2,(H2,24,25,26). The van der Waals surface area contributed by atoms with E-state index in [4.69, 9.17) is 10.5 Å². The number of esters is 1. The van der Waals surface area contributed by atoms with Crippen molar-refractivity contribution >= 4 is 44.5 Å². The summed E-state index contributed by atoms with van der Waals surface area (Å²) in [6.07, 6.45) is 3.72. The molecule has 0 aliphatic rings. The number of nitrogens with zero attached hydrogens (tertiary/aromatic N) is 4. The van der Waals surface area contributed by atoms with E-state index in [1.54, 1.807) is 6.33 Å². The van der Waals surface area contributed by atoms with Gasteiger partial charge in [0.1, 0.15) is 11.8 Å². The second-order valence-electron chi connectivity index (χ2n) is 7.05.